The number of halogens is 1. The molecule has 1 unspecified atom stereocenters. The lowest BCUT2D eigenvalue weighted by atomic mass is 10.3. The van der Waals surface area contributed by atoms with Crippen molar-refractivity contribution in [1.82, 2.24) is 4.90 Å². The average molecular weight is 190 g/mol. The van der Waals surface area contributed by atoms with E-state index < -0.39 is 0 Å². The summed E-state index contributed by atoms with van der Waals surface area (Å²) < 4.78 is 5.51. The van der Waals surface area contributed by atoms with E-state index in [1.54, 1.807) is 5.54 Å². The van der Waals surface area contributed by atoms with Crippen molar-refractivity contribution in [3.8, 4) is 0 Å². The molecule has 0 amide bonds. The van der Waals surface area contributed by atoms with Gasteiger partial charge in [0, 0.05) is 31.8 Å². The summed E-state index contributed by atoms with van der Waals surface area (Å²) in [4.78, 5) is 2.36. The molecule has 1 saturated heterocycles. The van der Waals surface area contributed by atoms with Crippen molar-refractivity contribution in [2.45, 2.75) is 19.4 Å². The monoisotopic (exact) mass is 189 g/mol. The summed E-state index contributed by atoms with van der Waals surface area (Å²) in [5.74, 6) is 0. The molecule has 0 spiro atoms. The normalized spacial score (nSPS) is 27.7. The van der Waals surface area contributed by atoms with E-state index in [1.807, 2.05) is 6.08 Å². The Kier molecular flexibility index (Phi) is 4.66. The Balaban J connectivity index is 2.30. The van der Waals surface area contributed by atoms with Gasteiger partial charge in [-0.25, -0.2) is 0 Å². The van der Waals surface area contributed by atoms with Gasteiger partial charge in [0.1, 0.15) is 0 Å². The Bertz CT molecular complexity index is 149. The molecule has 0 N–H and O–H groups in total. The number of ether oxygens (including phenoxy) is 1. The van der Waals surface area contributed by atoms with E-state index in [0.29, 0.717) is 6.10 Å². The Labute approximate surface area is 79.1 Å². The van der Waals surface area contributed by atoms with Crippen molar-refractivity contribution in [3.05, 3.63) is 11.6 Å². The molecule has 1 atom stereocenters. The number of hydrogen-bond acceptors (Lipinski definition) is 2. The largest absolute Gasteiger partial charge is 0.377 e. The standard InChI is InChI=1S/C9H16ClNO/c1-9-8-11(5-2-4-10)6-3-7-12-9/h2,4,9H,3,5-8H2,1H3/b4-2+. The van der Waals surface area contributed by atoms with Gasteiger partial charge in [-0.2, -0.15) is 0 Å². The fraction of sp³-hybridized carbons (Fsp3) is 0.778. The number of nitrogens with zero attached hydrogens (tertiary/aromatic N) is 1. The van der Waals surface area contributed by atoms with Crippen molar-refractivity contribution in [1.29, 1.82) is 0 Å². The van der Waals surface area contributed by atoms with E-state index in [9.17, 15) is 0 Å². The van der Waals surface area contributed by atoms with Gasteiger partial charge in [-0.3, -0.25) is 4.90 Å². The molecule has 1 heterocycles. The lowest BCUT2D eigenvalue weighted by Gasteiger charge is -2.19. The molecular weight excluding hydrogens is 174 g/mol. The fourth-order valence-corrected chi connectivity index (χ4v) is 1.51. The summed E-state index contributed by atoms with van der Waals surface area (Å²) in [5.41, 5.74) is 1.58. The van der Waals surface area contributed by atoms with Gasteiger partial charge in [0.15, 0.2) is 0 Å². The maximum Gasteiger partial charge on any atom is 0.0674 e. The van der Waals surface area contributed by atoms with Crippen LogP contribution in [0, 0.1) is 0 Å². The predicted molar refractivity (Wildman–Crippen MR) is 51.5 cm³/mol. The van der Waals surface area contributed by atoms with Crippen LogP contribution in [-0.2, 0) is 4.74 Å². The zero-order chi connectivity index (χ0) is 8.81. The summed E-state index contributed by atoms with van der Waals surface area (Å²) >= 11 is 5.46. The Morgan fingerprint density at radius 2 is 2.50 bits per heavy atom. The average Bonchev–Trinajstić information content (AvgIpc) is 2.26. The summed E-state index contributed by atoms with van der Waals surface area (Å²) in [6.07, 6.45) is 3.45. The van der Waals surface area contributed by atoms with Crippen LogP contribution >= 0.6 is 11.6 Å². The van der Waals surface area contributed by atoms with Gasteiger partial charge in [0.05, 0.1) is 6.10 Å². The van der Waals surface area contributed by atoms with Crippen molar-refractivity contribution in [3.63, 3.8) is 0 Å². The summed E-state index contributed by atoms with van der Waals surface area (Å²) in [6, 6.07) is 0. The third-order valence-corrected chi connectivity index (χ3v) is 2.17. The minimum absolute atomic E-state index is 0.358. The van der Waals surface area contributed by atoms with Gasteiger partial charge < -0.3 is 4.74 Å². The maximum atomic E-state index is 5.51. The Hall–Kier alpha value is -0.0500. The molecule has 1 aliphatic heterocycles. The molecule has 70 valence electrons. The zero-order valence-electron chi connectivity index (χ0n) is 7.50. The molecule has 0 aromatic rings. The van der Waals surface area contributed by atoms with Crippen molar-refractivity contribution in [2.24, 2.45) is 0 Å². The number of rotatable bonds is 2. The first kappa shape index (κ1) is 10.0. The highest BCUT2D eigenvalue weighted by atomic mass is 35.5. The lowest BCUT2D eigenvalue weighted by molar-refractivity contribution is 0.0692. The first-order valence-electron chi connectivity index (χ1n) is 4.42. The van der Waals surface area contributed by atoms with Gasteiger partial charge in [-0.05, 0) is 13.3 Å². The zero-order valence-corrected chi connectivity index (χ0v) is 8.26. The Morgan fingerprint density at radius 1 is 1.67 bits per heavy atom. The molecule has 0 bridgehead atoms. The van der Waals surface area contributed by atoms with Crippen LogP contribution in [-0.4, -0.2) is 37.2 Å². The summed E-state index contributed by atoms with van der Waals surface area (Å²) in [5, 5.41) is 0. The van der Waals surface area contributed by atoms with E-state index in [4.69, 9.17) is 16.3 Å². The van der Waals surface area contributed by atoms with Crippen molar-refractivity contribution >= 4 is 11.6 Å². The molecule has 12 heavy (non-hydrogen) atoms. The van der Waals surface area contributed by atoms with E-state index >= 15 is 0 Å². The molecule has 0 aliphatic carbocycles. The molecule has 0 saturated carbocycles. The maximum absolute atomic E-state index is 5.51. The van der Waals surface area contributed by atoms with E-state index in [0.717, 1.165) is 32.7 Å². The van der Waals surface area contributed by atoms with Gasteiger partial charge in [0.25, 0.3) is 0 Å². The minimum atomic E-state index is 0.358. The van der Waals surface area contributed by atoms with Crippen molar-refractivity contribution < 1.29 is 4.74 Å². The van der Waals surface area contributed by atoms with Crippen LogP contribution in [0.1, 0.15) is 13.3 Å². The summed E-state index contributed by atoms with van der Waals surface area (Å²) in [6.45, 7) is 6.08. The molecule has 1 fully saturated rings. The molecule has 0 aromatic carbocycles. The third-order valence-electron chi connectivity index (χ3n) is 1.99. The van der Waals surface area contributed by atoms with Crippen LogP contribution in [0.4, 0.5) is 0 Å². The topological polar surface area (TPSA) is 12.5 Å². The van der Waals surface area contributed by atoms with Crippen LogP contribution in [0.15, 0.2) is 11.6 Å². The van der Waals surface area contributed by atoms with Crippen LogP contribution in [0.25, 0.3) is 0 Å². The Morgan fingerprint density at radius 3 is 3.25 bits per heavy atom. The fourth-order valence-electron chi connectivity index (χ4n) is 1.44. The molecule has 2 nitrogen and oxygen atoms in total. The van der Waals surface area contributed by atoms with Crippen LogP contribution < -0.4 is 0 Å². The predicted octanol–water partition coefficient (Wildman–Crippen LogP) is 1.85. The SMILES string of the molecule is CC1CN(C/C=C/Cl)CCCO1. The molecular formula is C9H16ClNO. The molecule has 0 radical (unpaired) electrons. The highest BCUT2D eigenvalue weighted by molar-refractivity contribution is 6.25. The molecule has 3 heteroatoms. The first-order chi connectivity index (χ1) is 5.83. The minimum Gasteiger partial charge on any atom is -0.377 e. The first-order valence-corrected chi connectivity index (χ1v) is 4.85. The van der Waals surface area contributed by atoms with Gasteiger partial charge >= 0.3 is 0 Å². The van der Waals surface area contributed by atoms with Crippen LogP contribution in [0.2, 0.25) is 0 Å². The second-order valence-electron chi connectivity index (χ2n) is 3.16. The van der Waals surface area contributed by atoms with Gasteiger partial charge in [-0.15, -0.1) is 0 Å². The second kappa shape index (κ2) is 5.57. The molecule has 0 aromatic heterocycles. The highest BCUT2D eigenvalue weighted by Crippen LogP contribution is 2.04. The second-order valence-corrected chi connectivity index (χ2v) is 3.41. The quantitative estimate of drug-likeness (QED) is 0.658. The smallest absolute Gasteiger partial charge is 0.0674 e. The molecule has 1 rings (SSSR count). The van der Waals surface area contributed by atoms with Gasteiger partial charge in [-0.1, -0.05) is 17.7 Å². The highest BCUT2D eigenvalue weighted by Gasteiger charge is 2.12. The number of hydrogen-bond donors (Lipinski definition) is 0. The van der Waals surface area contributed by atoms with E-state index in [2.05, 4.69) is 11.8 Å². The van der Waals surface area contributed by atoms with E-state index in [-0.39, 0.29) is 0 Å². The van der Waals surface area contributed by atoms with Crippen LogP contribution in [0.5, 0.6) is 0 Å². The lowest BCUT2D eigenvalue weighted by Crippen LogP contribution is -2.30. The van der Waals surface area contributed by atoms with E-state index in [1.165, 1.54) is 0 Å². The van der Waals surface area contributed by atoms with Crippen molar-refractivity contribution in [2.75, 3.05) is 26.2 Å². The van der Waals surface area contributed by atoms with Crippen LogP contribution in [0.3, 0.4) is 0 Å². The molecule has 1 aliphatic rings. The third kappa shape index (κ3) is 3.57. The van der Waals surface area contributed by atoms with Gasteiger partial charge in [0.2, 0.25) is 0 Å². The summed E-state index contributed by atoms with van der Waals surface area (Å²) in [7, 11) is 0.